The number of rotatable bonds is 11. The molecule has 4 nitrogen and oxygen atoms in total. The van der Waals surface area contributed by atoms with Crippen LogP contribution >= 0.6 is 0 Å². The predicted octanol–water partition coefficient (Wildman–Crippen LogP) is 0.581. The molecule has 0 aliphatic heterocycles. The molecule has 0 fully saturated rings. The maximum Gasteiger partial charge on any atom is 0.0587 e. The number of methoxy groups -OCH3 is 2. The van der Waals surface area contributed by atoms with Crippen molar-refractivity contribution in [3.8, 4) is 0 Å². The Hall–Kier alpha value is -0.160. The first-order valence-corrected chi connectivity index (χ1v) is 5.68. The summed E-state index contributed by atoms with van der Waals surface area (Å²) in [6.07, 6.45) is 2.30. The van der Waals surface area contributed by atoms with Gasteiger partial charge in [-0.25, -0.2) is 0 Å². The molecule has 0 saturated carbocycles. The van der Waals surface area contributed by atoms with E-state index in [0.29, 0.717) is 0 Å². The molecule has 15 heavy (non-hydrogen) atoms. The van der Waals surface area contributed by atoms with Crippen LogP contribution in [0.4, 0.5) is 0 Å². The average Bonchev–Trinajstić information content (AvgIpc) is 2.23. The Balaban J connectivity index is 3.06. The molecule has 1 N–H and O–H groups in total. The zero-order chi connectivity index (χ0) is 11.4. The second kappa shape index (κ2) is 11.9. The van der Waals surface area contributed by atoms with E-state index in [-0.39, 0.29) is 0 Å². The van der Waals surface area contributed by atoms with Gasteiger partial charge in [0.2, 0.25) is 0 Å². The predicted molar refractivity (Wildman–Crippen MR) is 63.4 cm³/mol. The first-order chi connectivity index (χ1) is 7.31. The summed E-state index contributed by atoms with van der Waals surface area (Å²) in [7, 11) is 5.63. The van der Waals surface area contributed by atoms with E-state index in [2.05, 4.69) is 17.3 Å². The lowest BCUT2D eigenvalue weighted by atomic mass is 10.3. The van der Waals surface area contributed by atoms with E-state index in [9.17, 15) is 0 Å². The standard InChI is InChI=1S/C11H26N2O2/c1-13(9-5-10-14-2)8-4-6-12-7-11-15-3/h12H,4-11H2,1-3H3. The molecule has 92 valence electrons. The SMILES string of the molecule is COCCCN(C)CCCNCCOC. The second-order valence-corrected chi connectivity index (χ2v) is 3.75. The normalized spacial score (nSPS) is 11.2. The van der Waals surface area contributed by atoms with E-state index in [4.69, 9.17) is 9.47 Å². The van der Waals surface area contributed by atoms with Crippen molar-refractivity contribution in [2.75, 3.05) is 60.7 Å². The maximum absolute atomic E-state index is 5.01. The van der Waals surface area contributed by atoms with Gasteiger partial charge in [-0.1, -0.05) is 0 Å². The highest BCUT2D eigenvalue weighted by atomic mass is 16.5. The highest BCUT2D eigenvalue weighted by Crippen LogP contribution is 1.90. The summed E-state index contributed by atoms with van der Waals surface area (Å²) in [6.45, 7) is 5.93. The minimum Gasteiger partial charge on any atom is -0.385 e. The number of hydrogen-bond acceptors (Lipinski definition) is 4. The van der Waals surface area contributed by atoms with Gasteiger partial charge in [-0.3, -0.25) is 0 Å². The van der Waals surface area contributed by atoms with Crippen LogP contribution in [0.3, 0.4) is 0 Å². The lowest BCUT2D eigenvalue weighted by Gasteiger charge is -2.16. The summed E-state index contributed by atoms with van der Waals surface area (Å²) in [4.78, 5) is 2.34. The molecule has 0 aromatic heterocycles. The molecule has 0 heterocycles. The maximum atomic E-state index is 5.01. The largest absolute Gasteiger partial charge is 0.385 e. The van der Waals surface area contributed by atoms with Crippen molar-refractivity contribution in [2.45, 2.75) is 12.8 Å². The fourth-order valence-corrected chi connectivity index (χ4v) is 1.36. The Labute approximate surface area is 93.9 Å². The molecule has 0 radical (unpaired) electrons. The summed E-state index contributed by atoms with van der Waals surface area (Å²) >= 11 is 0. The van der Waals surface area contributed by atoms with Gasteiger partial charge < -0.3 is 19.7 Å². The third kappa shape index (κ3) is 11.8. The number of nitrogens with zero attached hydrogens (tertiary/aromatic N) is 1. The van der Waals surface area contributed by atoms with Gasteiger partial charge in [0.25, 0.3) is 0 Å². The van der Waals surface area contributed by atoms with Crippen molar-refractivity contribution >= 4 is 0 Å². The number of nitrogens with one attached hydrogen (secondary N) is 1. The first-order valence-electron chi connectivity index (χ1n) is 5.68. The topological polar surface area (TPSA) is 33.7 Å². The summed E-state index contributed by atoms with van der Waals surface area (Å²) in [5.74, 6) is 0. The van der Waals surface area contributed by atoms with Crippen molar-refractivity contribution in [1.29, 1.82) is 0 Å². The number of ether oxygens (including phenoxy) is 2. The van der Waals surface area contributed by atoms with E-state index < -0.39 is 0 Å². The Morgan fingerprint density at radius 2 is 1.60 bits per heavy atom. The molecule has 0 unspecified atom stereocenters. The Bertz CT molecular complexity index is 123. The minimum atomic E-state index is 0.795. The van der Waals surface area contributed by atoms with E-state index in [0.717, 1.165) is 45.8 Å². The molecule has 0 spiro atoms. The van der Waals surface area contributed by atoms with Crippen molar-refractivity contribution in [3.63, 3.8) is 0 Å². The van der Waals surface area contributed by atoms with Crippen LogP contribution in [-0.4, -0.2) is 65.6 Å². The summed E-state index contributed by atoms with van der Waals surface area (Å²) in [5.41, 5.74) is 0. The third-order valence-corrected chi connectivity index (χ3v) is 2.26. The lowest BCUT2D eigenvalue weighted by Crippen LogP contribution is -2.27. The van der Waals surface area contributed by atoms with Crippen molar-refractivity contribution in [2.24, 2.45) is 0 Å². The second-order valence-electron chi connectivity index (χ2n) is 3.75. The fraction of sp³-hybridized carbons (Fsp3) is 1.00. The van der Waals surface area contributed by atoms with Gasteiger partial charge in [0.05, 0.1) is 6.61 Å². The van der Waals surface area contributed by atoms with Gasteiger partial charge in [0.1, 0.15) is 0 Å². The lowest BCUT2D eigenvalue weighted by molar-refractivity contribution is 0.178. The molecule has 0 amide bonds. The molecule has 0 aliphatic rings. The molecule has 0 aromatic carbocycles. The van der Waals surface area contributed by atoms with Crippen LogP contribution in [0, 0.1) is 0 Å². The van der Waals surface area contributed by atoms with Crippen LogP contribution in [0.25, 0.3) is 0 Å². The molecule has 0 bridgehead atoms. The van der Waals surface area contributed by atoms with Gasteiger partial charge in [-0.15, -0.1) is 0 Å². The van der Waals surface area contributed by atoms with Gasteiger partial charge >= 0.3 is 0 Å². The molecule has 0 saturated heterocycles. The summed E-state index contributed by atoms with van der Waals surface area (Å²) in [5, 5.41) is 3.33. The van der Waals surface area contributed by atoms with Gasteiger partial charge in [-0.05, 0) is 33.0 Å². The van der Waals surface area contributed by atoms with Gasteiger partial charge in [0.15, 0.2) is 0 Å². The summed E-state index contributed by atoms with van der Waals surface area (Å²) < 4.78 is 9.96. The van der Waals surface area contributed by atoms with E-state index >= 15 is 0 Å². The molecule has 0 rings (SSSR count). The smallest absolute Gasteiger partial charge is 0.0587 e. The van der Waals surface area contributed by atoms with Crippen LogP contribution in [0.2, 0.25) is 0 Å². The van der Waals surface area contributed by atoms with Crippen LogP contribution in [0.15, 0.2) is 0 Å². The van der Waals surface area contributed by atoms with Crippen LogP contribution < -0.4 is 5.32 Å². The Morgan fingerprint density at radius 3 is 2.27 bits per heavy atom. The first kappa shape index (κ1) is 14.8. The van der Waals surface area contributed by atoms with E-state index in [1.807, 2.05) is 0 Å². The Kier molecular flexibility index (Phi) is 11.8. The molecular weight excluding hydrogens is 192 g/mol. The molecule has 4 heteroatoms. The zero-order valence-electron chi connectivity index (χ0n) is 10.4. The highest BCUT2D eigenvalue weighted by molar-refractivity contribution is 4.54. The molecule has 0 aromatic rings. The quantitative estimate of drug-likeness (QED) is 0.514. The van der Waals surface area contributed by atoms with Crippen LogP contribution in [-0.2, 0) is 9.47 Å². The van der Waals surface area contributed by atoms with Crippen LogP contribution in [0.5, 0.6) is 0 Å². The van der Waals surface area contributed by atoms with E-state index in [1.54, 1.807) is 14.2 Å². The van der Waals surface area contributed by atoms with Gasteiger partial charge in [-0.2, -0.15) is 0 Å². The number of hydrogen-bond donors (Lipinski definition) is 1. The molecule has 0 atom stereocenters. The zero-order valence-corrected chi connectivity index (χ0v) is 10.4. The minimum absolute atomic E-state index is 0.795. The average molecular weight is 218 g/mol. The fourth-order valence-electron chi connectivity index (χ4n) is 1.36. The third-order valence-electron chi connectivity index (χ3n) is 2.26. The monoisotopic (exact) mass is 218 g/mol. The van der Waals surface area contributed by atoms with Gasteiger partial charge in [0, 0.05) is 33.9 Å². The highest BCUT2D eigenvalue weighted by Gasteiger charge is 1.97. The molecular formula is C11H26N2O2. The van der Waals surface area contributed by atoms with Crippen molar-refractivity contribution < 1.29 is 9.47 Å². The van der Waals surface area contributed by atoms with Crippen molar-refractivity contribution in [1.82, 2.24) is 10.2 Å². The van der Waals surface area contributed by atoms with Crippen LogP contribution in [0.1, 0.15) is 12.8 Å². The summed E-state index contributed by atoms with van der Waals surface area (Å²) in [6, 6.07) is 0. The van der Waals surface area contributed by atoms with Crippen molar-refractivity contribution in [3.05, 3.63) is 0 Å². The van der Waals surface area contributed by atoms with E-state index in [1.165, 1.54) is 6.42 Å². The Morgan fingerprint density at radius 1 is 0.933 bits per heavy atom. The molecule has 0 aliphatic carbocycles.